The third-order valence-corrected chi connectivity index (χ3v) is 6.55. The summed E-state index contributed by atoms with van der Waals surface area (Å²) in [7, 11) is 1.62. The van der Waals surface area contributed by atoms with E-state index in [4.69, 9.17) is 14.5 Å². The first-order chi connectivity index (χ1) is 17.6. The number of aromatic nitrogens is 1. The number of ether oxygens (including phenoxy) is 2. The van der Waals surface area contributed by atoms with Crippen molar-refractivity contribution in [3.8, 4) is 16.9 Å². The number of pyridine rings is 1. The summed E-state index contributed by atoms with van der Waals surface area (Å²) in [4.78, 5) is 19.9. The van der Waals surface area contributed by atoms with Gasteiger partial charge in [-0.05, 0) is 42.1 Å². The van der Waals surface area contributed by atoms with Crippen LogP contribution in [0.1, 0.15) is 11.3 Å². The number of anilines is 2. The quantitative estimate of drug-likeness (QED) is 0.369. The topological polar surface area (TPSA) is 75.7 Å². The molecule has 2 amide bonds. The van der Waals surface area contributed by atoms with Crippen LogP contribution in [0.3, 0.4) is 0 Å². The molecule has 2 N–H and O–H groups in total. The molecule has 7 heteroatoms. The number of fused-ring (bicyclic) bond motifs is 1. The third-order valence-electron chi connectivity index (χ3n) is 6.55. The van der Waals surface area contributed by atoms with Gasteiger partial charge >= 0.3 is 6.03 Å². The van der Waals surface area contributed by atoms with E-state index in [0.717, 1.165) is 77.4 Å². The Balaban J connectivity index is 1.36. The molecule has 36 heavy (non-hydrogen) atoms. The number of nitrogens with zero attached hydrogens (tertiary/aromatic N) is 2. The molecule has 0 saturated carbocycles. The summed E-state index contributed by atoms with van der Waals surface area (Å²) in [6.07, 6.45) is 1.93. The molecular formula is C29H30N4O3. The van der Waals surface area contributed by atoms with Gasteiger partial charge in [0, 0.05) is 48.0 Å². The van der Waals surface area contributed by atoms with Crippen LogP contribution in [0.15, 0.2) is 72.9 Å². The van der Waals surface area contributed by atoms with Gasteiger partial charge in [0.2, 0.25) is 0 Å². The highest BCUT2D eigenvalue weighted by molar-refractivity contribution is 6.09. The molecule has 184 valence electrons. The van der Waals surface area contributed by atoms with Crippen molar-refractivity contribution in [1.29, 1.82) is 0 Å². The zero-order valence-electron chi connectivity index (χ0n) is 20.6. The molecule has 1 aliphatic rings. The number of rotatable bonds is 6. The van der Waals surface area contributed by atoms with E-state index < -0.39 is 0 Å². The lowest BCUT2D eigenvalue weighted by atomic mass is 9.98. The van der Waals surface area contributed by atoms with Crippen LogP contribution in [0.5, 0.6) is 5.75 Å². The number of benzene rings is 3. The van der Waals surface area contributed by atoms with E-state index in [9.17, 15) is 4.79 Å². The molecule has 1 aliphatic heterocycles. The molecule has 0 aliphatic carbocycles. The summed E-state index contributed by atoms with van der Waals surface area (Å²) < 4.78 is 10.8. The minimum absolute atomic E-state index is 0.307. The van der Waals surface area contributed by atoms with Crippen molar-refractivity contribution in [2.75, 3.05) is 44.0 Å². The SMILES string of the molecule is COc1cccc(NC(=O)Nc2ccc(-c3ccc(CN4CCOCC4)nc3)c3ccccc23)c1C. The minimum atomic E-state index is -0.307. The third kappa shape index (κ3) is 5.17. The van der Waals surface area contributed by atoms with Crippen LogP contribution in [0, 0.1) is 6.92 Å². The van der Waals surface area contributed by atoms with Crippen molar-refractivity contribution in [1.82, 2.24) is 9.88 Å². The Morgan fingerprint density at radius 2 is 1.72 bits per heavy atom. The van der Waals surface area contributed by atoms with E-state index in [-0.39, 0.29) is 6.03 Å². The minimum Gasteiger partial charge on any atom is -0.496 e. The summed E-state index contributed by atoms with van der Waals surface area (Å²) >= 11 is 0. The number of carbonyl (C=O) groups is 1. The van der Waals surface area contributed by atoms with E-state index >= 15 is 0 Å². The average molecular weight is 483 g/mol. The highest BCUT2D eigenvalue weighted by atomic mass is 16.5. The zero-order chi connectivity index (χ0) is 24.9. The molecule has 0 bridgehead atoms. The molecule has 1 saturated heterocycles. The number of amides is 2. The van der Waals surface area contributed by atoms with Gasteiger partial charge in [0.15, 0.2) is 0 Å². The first kappa shape index (κ1) is 23.8. The maximum Gasteiger partial charge on any atom is 0.323 e. The molecular weight excluding hydrogens is 452 g/mol. The average Bonchev–Trinajstić information content (AvgIpc) is 2.91. The zero-order valence-corrected chi connectivity index (χ0v) is 20.6. The number of nitrogens with one attached hydrogen (secondary N) is 2. The second-order valence-corrected chi connectivity index (χ2v) is 8.84. The predicted octanol–water partition coefficient (Wildman–Crippen LogP) is 5.70. The fraction of sp³-hybridized carbons (Fsp3) is 0.241. The Morgan fingerprint density at radius 3 is 2.47 bits per heavy atom. The van der Waals surface area contributed by atoms with Gasteiger partial charge in [0.1, 0.15) is 5.75 Å². The predicted molar refractivity (Wildman–Crippen MR) is 144 cm³/mol. The molecule has 0 atom stereocenters. The lowest BCUT2D eigenvalue weighted by Crippen LogP contribution is -2.35. The summed E-state index contributed by atoms with van der Waals surface area (Å²) in [5.74, 6) is 0.729. The first-order valence-corrected chi connectivity index (χ1v) is 12.1. The van der Waals surface area contributed by atoms with Crippen molar-refractivity contribution < 1.29 is 14.3 Å². The molecule has 5 rings (SSSR count). The molecule has 0 spiro atoms. The maximum atomic E-state index is 12.8. The summed E-state index contributed by atoms with van der Waals surface area (Å²) in [5.41, 5.74) is 5.48. The monoisotopic (exact) mass is 482 g/mol. The fourth-order valence-electron chi connectivity index (χ4n) is 4.57. The van der Waals surface area contributed by atoms with Crippen molar-refractivity contribution in [2.24, 2.45) is 0 Å². The van der Waals surface area contributed by atoms with Gasteiger partial charge < -0.3 is 20.1 Å². The highest BCUT2D eigenvalue weighted by Gasteiger charge is 2.14. The molecule has 1 aromatic heterocycles. The number of methoxy groups -OCH3 is 1. The standard InChI is InChI=1S/C29H30N4O3/c1-20-26(8-5-9-28(20)35-2)31-29(34)32-27-13-12-23(24-6-3-4-7-25(24)27)21-10-11-22(30-18-21)19-33-14-16-36-17-15-33/h3-13,18H,14-17,19H2,1-2H3,(H2,31,32,34). The Morgan fingerprint density at radius 1 is 0.944 bits per heavy atom. The summed E-state index contributed by atoms with van der Waals surface area (Å²) in [5, 5.41) is 7.96. The van der Waals surface area contributed by atoms with E-state index in [2.05, 4.69) is 33.7 Å². The number of urea groups is 1. The lowest BCUT2D eigenvalue weighted by Gasteiger charge is -2.26. The van der Waals surface area contributed by atoms with Crippen molar-refractivity contribution in [3.63, 3.8) is 0 Å². The van der Waals surface area contributed by atoms with Gasteiger partial charge in [-0.3, -0.25) is 9.88 Å². The largest absolute Gasteiger partial charge is 0.496 e. The Bertz CT molecular complexity index is 1370. The van der Waals surface area contributed by atoms with E-state index in [1.807, 2.05) is 61.7 Å². The number of morpholine rings is 1. The van der Waals surface area contributed by atoms with Crippen LogP contribution in [-0.2, 0) is 11.3 Å². The summed E-state index contributed by atoms with van der Waals surface area (Å²) in [6, 6.07) is 21.5. The van der Waals surface area contributed by atoms with E-state index in [0.29, 0.717) is 5.69 Å². The smallest absolute Gasteiger partial charge is 0.323 e. The first-order valence-electron chi connectivity index (χ1n) is 12.1. The van der Waals surface area contributed by atoms with E-state index in [1.165, 1.54) is 0 Å². The van der Waals surface area contributed by atoms with Crippen molar-refractivity contribution in [2.45, 2.75) is 13.5 Å². The van der Waals surface area contributed by atoms with Crippen molar-refractivity contribution >= 4 is 28.2 Å². The molecule has 4 aromatic rings. The molecule has 2 heterocycles. The molecule has 7 nitrogen and oxygen atoms in total. The Kier molecular flexibility index (Phi) is 7.11. The molecule has 1 fully saturated rings. The number of hydrogen-bond donors (Lipinski definition) is 2. The fourth-order valence-corrected chi connectivity index (χ4v) is 4.57. The van der Waals surface area contributed by atoms with Gasteiger partial charge in [-0.1, -0.05) is 42.5 Å². The highest BCUT2D eigenvalue weighted by Crippen LogP contribution is 2.33. The van der Waals surface area contributed by atoms with Gasteiger partial charge in [0.25, 0.3) is 0 Å². The second kappa shape index (κ2) is 10.8. The van der Waals surface area contributed by atoms with Crippen LogP contribution in [0.2, 0.25) is 0 Å². The van der Waals surface area contributed by atoms with E-state index in [1.54, 1.807) is 7.11 Å². The van der Waals surface area contributed by atoms with Crippen LogP contribution in [0.4, 0.5) is 16.2 Å². The Hall–Kier alpha value is -3.94. The molecule has 3 aromatic carbocycles. The second-order valence-electron chi connectivity index (χ2n) is 8.84. The molecule has 0 unspecified atom stereocenters. The normalized spacial score (nSPS) is 13.9. The van der Waals surface area contributed by atoms with Gasteiger partial charge in [-0.2, -0.15) is 0 Å². The lowest BCUT2D eigenvalue weighted by molar-refractivity contribution is 0.0336. The van der Waals surface area contributed by atoms with Crippen LogP contribution in [0.25, 0.3) is 21.9 Å². The summed E-state index contributed by atoms with van der Waals surface area (Å²) in [6.45, 7) is 6.18. The van der Waals surface area contributed by atoms with Crippen molar-refractivity contribution in [3.05, 3.63) is 84.2 Å². The van der Waals surface area contributed by atoms with Gasteiger partial charge in [-0.25, -0.2) is 4.79 Å². The van der Waals surface area contributed by atoms with Gasteiger partial charge in [0.05, 0.1) is 31.7 Å². The van der Waals surface area contributed by atoms with Gasteiger partial charge in [-0.15, -0.1) is 0 Å². The van der Waals surface area contributed by atoms with Crippen LogP contribution >= 0.6 is 0 Å². The maximum absolute atomic E-state index is 12.8. The number of carbonyl (C=O) groups excluding carboxylic acids is 1. The number of hydrogen-bond acceptors (Lipinski definition) is 5. The molecule has 0 radical (unpaired) electrons. The Labute approximate surface area is 211 Å². The van der Waals surface area contributed by atoms with Crippen LogP contribution in [-0.4, -0.2) is 49.3 Å². The van der Waals surface area contributed by atoms with Crippen LogP contribution < -0.4 is 15.4 Å².